The fourth-order valence-electron chi connectivity index (χ4n) is 2.88. The maximum atomic E-state index is 14.2. The molecule has 0 bridgehead atoms. The van der Waals surface area contributed by atoms with Crippen molar-refractivity contribution < 1.29 is 13.0 Å². The van der Waals surface area contributed by atoms with Gasteiger partial charge in [-0.15, -0.1) is 5.10 Å². The average Bonchev–Trinajstić information content (AvgIpc) is 2.88. The first kappa shape index (κ1) is 15.5. The minimum atomic E-state index is -0.922. The molecule has 0 spiro atoms. The molecule has 0 saturated carbocycles. The van der Waals surface area contributed by atoms with E-state index < -0.39 is 22.4 Å². The van der Waals surface area contributed by atoms with Gasteiger partial charge in [0, 0.05) is 27.9 Å². The smallest absolute Gasteiger partial charge is 0.160 e. The molecule has 2 atom stereocenters. The third-order valence-corrected chi connectivity index (χ3v) is 5.59. The summed E-state index contributed by atoms with van der Waals surface area (Å²) in [5.74, 6) is -0.456. The van der Waals surface area contributed by atoms with Crippen molar-refractivity contribution in [3.63, 3.8) is 0 Å². The fourth-order valence-corrected chi connectivity index (χ4v) is 4.61. The first-order valence-electron chi connectivity index (χ1n) is 6.81. The summed E-state index contributed by atoms with van der Waals surface area (Å²) >= 11 is 6.11. The van der Waals surface area contributed by atoms with Crippen LogP contribution in [0.15, 0.2) is 18.2 Å². The van der Waals surface area contributed by atoms with Gasteiger partial charge >= 0.3 is 0 Å². The summed E-state index contributed by atoms with van der Waals surface area (Å²) in [4.78, 5) is 0. The van der Waals surface area contributed by atoms with Crippen LogP contribution >= 0.6 is 11.6 Å². The lowest BCUT2D eigenvalue weighted by molar-refractivity contribution is 0.588. The standard InChI is InChI=1S/C15H13ClF2N2OS/c1-8-12(9-5-6-22(21)7-9)14(15(16)20-19-8)13-10(17)3-2-4-11(13)18/h2-4,9H,5-7H2,1H3. The van der Waals surface area contributed by atoms with Crippen LogP contribution in [0.2, 0.25) is 5.15 Å². The zero-order chi connectivity index (χ0) is 15.9. The third-order valence-electron chi connectivity index (χ3n) is 3.86. The Labute approximate surface area is 134 Å². The summed E-state index contributed by atoms with van der Waals surface area (Å²) in [6, 6.07) is 3.66. The molecule has 1 saturated heterocycles. The van der Waals surface area contributed by atoms with Gasteiger partial charge in [0.15, 0.2) is 5.15 Å². The van der Waals surface area contributed by atoms with Crippen LogP contribution in [0.3, 0.4) is 0 Å². The molecular formula is C15H13ClF2N2OS. The predicted octanol–water partition coefficient (Wildman–Crippen LogP) is 3.62. The van der Waals surface area contributed by atoms with E-state index in [1.54, 1.807) is 6.92 Å². The third kappa shape index (κ3) is 2.65. The van der Waals surface area contributed by atoms with E-state index in [9.17, 15) is 13.0 Å². The fraction of sp³-hybridized carbons (Fsp3) is 0.333. The quantitative estimate of drug-likeness (QED) is 0.837. The highest BCUT2D eigenvalue weighted by Gasteiger charge is 2.30. The highest BCUT2D eigenvalue weighted by Crippen LogP contribution is 2.41. The zero-order valence-corrected chi connectivity index (χ0v) is 13.3. The van der Waals surface area contributed by atoms with Crippen molar-refractivity contribution in [3.05, 3.63) is 46.2 Å². The van der Waals surface area contributed by atoms with Crippen molar-refractivity contribution in [2.24, 2.45) is 0 Å². The van der Waals surface area contributed by atoms with Crippen LogP contribution < -0.4 is 0 Å². The van der Waals surface area contributed by atoms with E-state index in [4.69, 9.17) is 11.6 Å². The molecule has 1 aliphatic heterocycles. The second-order valence-corrected chi connectivity index (χ2v) is 7.24. The van der Waals surface area contributed by atoms with Crippen LogP contribution in [0.4, 0.5) is 8.78 Å². The molecule has 2 heterocycles. The van der Waals surface area contributed by atoms with Crippen LogP contribution in [-0.4, -0.2) is 25.9 Å². The Morgan fingerprint density at radius 3 is 2.50 bits per heavy atom. The predicted molar refractivity (Wildman–Crippen MR) is 82.4 cm³/mol. The molecule has 1 aliphatic rings. The molecule has 1 aromatic heterocycles. The number of benzene rings is 1. The molecule has 0 amide bonds. The summed E-state index contributed by atoms with van der Waals surface area (Å²) in [5, 5.41) is 7.72. The molecule has 7 heteroatoms. The molecule has 2 unspecified atom stereocenters. The largest absolute Gasteiger partial charge is 0.260 e. The number of hydrogen-bond donors (Lipinski definition) is 0. The van der Waals surface area contributed by atoms with Crippen molar-refractivity contribution in [1.82, 2.24) is 10.2 Å². The number of aromatic nitrogens is 2. The second-order valence-electron chi connectivity index (χ2n) is 5.26. The number of rotatable bonds is 2. The van der Waals surface area contributed by atoms with E-state index in [1.807, 2.05) is 0 Å². The van der Waals surface area contributed by atoms with Gasteiger partial charge in [-0.2, -0.15) is 5.10 Å². The Morgan fingerprint density at radius 2 is 1.91 bits per heavy atom. The molecule has 3 nitrogen and oxygen atoms in total. The maximum Gasteiger partial charge on any atom is 0.160 e. The first-order chi connectivity index (χ1) is 10.5. The van der Waals surface area contributed by atoms with Gasteiger partial charge in [-0.05, 0) is 37.0 Å². The molecule has 3 rings (SSSR count). The number of hydrogen-bond acceptors (Lipinski definition) is 3. The van der Waals surface area contributed by atoms with Gasteiger partial charge in [0.25, 0.3) is 0 Å². The second kappa shape index (κ2) is 6.01. The summed E-state index contributed by atoms with van der Waals surface area (Å²) in [6.07, 6.45) is 0.679. The van der Waals surface area contributed by atoms with Crippen molar-refractivity contribution in [1.29, 1.82) is 0 Å². The molecule has 2 aromatic rings. The number of aryl methyl sites for hydroxylation is 1. The lowest BCUT2D eigenvalue weighted by Crippen LogP contribution is -2.09. The van der Waals surface area contributed by atoms with Gasteiger partial charge < -0.3 is 0 Å². The summed E-state index contributed by atoms with van der Waals surface area (Å²) in [7, 11) is -0.922. The van der Waals surface area contributed by atoms with Crippen LogP contribution in [0.25, 0.3) is 11.1 Å². The Bertz CT molecular complexity index is 749. The van der Waals surface area contributed by atoms with Crippen molar-refractivity contribution in [3.8, 4) is 11.1 Å². The van der Waals surface area contributed by atoms with E-state index in [0.29, 0.717) is 29.2 Å². The zero-order valence-electron chi connectivity index (χ0n) is 11.8. The topological polar surface area (TPSA) is 42.9 Å². The van der Waals surface area contributed by atoms with Crippen molar-refractivity contribution >= 4 is 22.4 Å². The molecular weight excluding hydrogens is 330 g/mol. The van der Waals surface area contributed by atoms with Crippen molar-refractivity contribution in [2.45, 2.75) is 19.3 Å². The van der Waals surface area contributed by atoms with Gasteiger partial charge in [-0.25, -0.2) is 8.78 Å². The average molecular weight is 343 g/mol. The van der Waals surface area contributed by atoms with Crippen LogP contribution in [-0.2, 0) is 10.8 Å². The Kier molecular flexibility index (Phi) is 4.23. The van der Waals surface area contributed by atoms with E-state index in [-0.39, 0.29) is 22.2 Å². The van der Waals surface area contributed by atoms with Gasteiger partial charge in [0.05, 0.1) is 11.3 Å². The normalized spacial score (nSPS) is 21.3. The number of halogens is 3. The van der Waals surface area contributed by atoms with Gasteiger partial charge in [0.1, 0.15) is 11.6 Å². The van der Waals surface area contributed by atoms with E-state index in [1.165, 1.54) is 18.2 Å². The van der Waals surface area contributed by atoms with Gasteiger partial charge in [-0.1, -0.05) is 17.7 Å². The highest BCUT2D eigenvalue weighted by atomic mass is 35.5. The maximum absolute atomic E-state index is 14.2. The Hall–Kier alpha value is -1.40. The summed E-state index contributed by atoms with van der Waals surface area (Å²) in [5.41, 5.74) is 1.24. The lowest BCUT2D eigenvalue weighted by Gasteiger charge is -2.18. The minimum absolute atomic E-state index is 0.0396. The SMILES string of the molecule is Cc1nnc(Cl)c(-c2c(F)cccc2F)c1C1CCS(=O)C1. The van der Waals surface area contributed by atoms with E-state index in [2.05, 4.69) is 10.2 Å². The van der Waals surface area contributed by atoms with E-state index in [0.717, 1.165) is 0 Å². The molecule has 1 fully saturated rings. The summed E-state index contributed by atoms with van der Waals surface area (Å²) in [6.45, 7) is 1.72. The summed E-state index contributed by atoms with van der Waals surface area (Å²) < 4.78 is 40.1. The van der Waals surface area contributed by atoms with Crippen molar-refractivity contribution in [2.75, 3.05) is 11.5 Å². The van der Waals surface area contributed by atoms with Crippen LogP contribution in [0.5, 0.6) is 0 Å². The Balaban J connectivity index is 2.27. The Morgan fingerprint density at radius 1 is 1.23 bits per heavy atom. The molecule has 0 N–H and O–H groups in total. The molecule has 22 heavy (non-hydrogen) atoms. The monoisotopic (exact) mass is 342 g/mol. The molecule has 116 valence electrons. The molecule has 1 aromatic carbocycles. The van der Waals surface area contributed by atoms with Gasteiger partial charge in [-0.3, -0.25) is 4.21 Å². The minimum Gasteiger partial charge on any atom is -0.260 e. The van der Waals surface area contributed by atoms with E-state index >= 15 is 0 Å². The first-order valence-corrected chi connectivity index (χ1v) is 8.67. The number of nitrogens with zero attached hydrogens (tertiary/aromatic N) is 2. The lowest BCUT2D eigenvalue weighted by atomic mass is 9.90. The molecule has 0 radical (unpaired) electrons. The van der Waals surface area contributed by atoms with Crippen LogP contribution in [0, 0.1) is 18.6 Å². The van der Waals surface area contributed by atoms with Crippen LogP contribution in [0.1, 0.15) is 23.6 Å². The highest BCUT2D eigenvalue weighted by molar-refractivity contribution is 7.85. The molecule has 0 aliphatic carbocycles. The van der Waals surface area contributed by atoms with Gasteiger partial charge in [0.2, 0.25) is 0 Å².